The number of phenolic OH excluding ortho intramolecular Hbond substituents is 1. The second-order valence-corrected chi connectivity index (χ2v) is 3.59. The third-order valence-electron chi connectivity index (χ3n) is 1.95. The molecule has 0 aliphatic heterocycles. The summed E-state index contributed by atoms with van der Waals surface area (Å²) in [5.41, 5.74) is 2.00. The number of H-pyrrole nitrogens is 1. The largest absolute Gasteiger partial charge is 0.506 e. The van der Waals surface area contributed by atoms with Crippen LogP contribution in [0.1, 0.15) is 5.56 Å². The van der Waals surface area contributed by atoms with Gasteiger partial charge in [-0.1, -0.05) is 0 Å². The molecule has 2 rings (SSSR count). The number of fused-ring (bicyclic) bond motifs is 1. The first-order valence-corrected chi connectivity index (χ1v) is 4.44. The van der Waals surface area contributed by atoms with Crippen LogP contribution in [0.4, 0.5) is 0 Å². The Hall–Kier alpha value is -0.960. The molecule has 0 aliphatic carbocycles. The molecule has 62 valence electrons. The van der Waals surface area contributed by atoms with E-state index >= 15 is 0 Å². The molecule has 0 radical (unpaired) electrons. The van der Waals surface area contributed by atoms with Gasteiger partial charge in [-0.05, 0) is 40.5 Å². The van der Waals surface area contributed by atoms with Crippen molar-refractivity contribution in [3.8, 4) is 5.75 Å². The summed E-state index contributed by atoms with van der Waals surface area (Å²) in [4.78, 5) is 3.05. The minimum Gasteiger partial charge on any atom is -0.506 e. The maximum absolute atomic E-state index is 9.66. The molecule has 0 atom stereocenters. The van der Waals surface area contributed by atoms with E-state index in [0.717, 1.165) is 20.9 Å². The Kier molecular flexibility index (Phi) is 1.61. The van der Waals surface area contributed by atoms with Crippen LogP contribution in [0.3, 0.4) is 0 Å². The number of aromatic hydroxyl groups is 1. The Balaban J connectivity index is 2.94. The number of aromatic amines is 1. The third-order valence-corrected chi connectivity index (χ3v) is 2.95. The van der Waals surface area contributed by atoms with Gasteiger partial charge in [0, 0.05) is 17.1 Å². The van der Waals surface area contributed by atoms with Crippen LogP contribution in [0.2, 0.25) is 0 Å². The van der Waals surface area contributed by atoms with Crippen LogP contribution in [0.25, 0.3) is 10.9 Å². The molecule has 2 aromatic rings. The van der Waals surface area contributed by atoms with Crippen molar-refractivity contribution in [3.05, 3.63) is 28.4 Å². The normalized spacial score (nSPS) is 10.8. The molecule has 1 aromatic heterocycles. The molecule has 0 unspecified atom stereocenters. The summed E-state index contributed by atoms with van der Waals surface area (Å²) in [5, 5.41) is 10.5. The highest BCUT2D eigenvalue weighted by atomic mass is 79.9. The monoisotopic (exact) mass is 225 g/mol. The number of aromatic nitrogens is 1. The lowest BCUT2D eigenvalue weighted by molar-refractivity contribution is 0.478. The first kappa shape index (κ1) is 7.68. The molecule has 3 heteroatoms. The van der Waals surface area contributed by atoms with Gasteiger partial charge in [0.05, 0.1) is 4.47 Å². The predicted molar refractivity (Wildman–Crippen MR) is 52.4 cm³/mol. The Labute approximate surface area is 78.3 Å². The number of aryl methyl sites for hydroxylation is 1. The molecule has 0 fully saturated rings. The fourth-order valence-corrected chi connectivity index (χ4v) is 1.62. The first-order chi connectivity index (χ1) is 5.70. The average molecular weight is 226 g/mol. The molecular formula is C9H8BrNO. The Morgan fingerprint density at radius 1 is 1.50 bits per heavy atom. The van der Waals surface area contributed by atoms with Crippen molar-refractivity contribution in [3.63, 3.8) is 0 Å². The summed E-state index contributed by atoms with van der Waals surface area (Å²) in [6.45, 7) is 1.95. The zero-order valence-electron chi connectivity index (χ0n) is 6.56. The maximum Gasteiger partial charge on any atom is 0.139 e. The molecular weight excluding hydrogens is 218 g/mol. The number of halogens is 1. The van der Waals surface area contributed by atoms with Crippen LogP contribution in [-0.4, -0.2) is 10.1 Å². The van der Waals surface area contributed by atoms with E-state index in [0.29, 0.717) is 5.75 Å². The van der Waals surface area contributed by atoms with Crippen molar-refractivity contribution in [1.82, 2.24) is 4.98 Å². The molecule has 0 saturated carbocycles. The molecule has 0 aliphatic rings. The van der Waals surface area contributed by atoms with E-state index in [2.05, 4.69) is 20.9 Å². The number of phenols is 1. The van der Waals surface area contributed by atoms with Crippen molar-refractivity contribution in [2.45, 2.75) is 6.92 Å². The van der Waals surface area contributed by atoms with E-state index in [1.807, 2.05) is 25.3 Å². The fraction of sp³-hybridized carbons (Fsp3) is 0.111. The van der Waals surface area contributed by atoms with Gasteiger partial charge in [-0.3, -0.25) is 0 Å². The first-order valence-electron chi connectivity index (χ1n) is 3.65. The van der Waals surface area contributed by atoms with Crippen molar-refractivity contribution in [2.24, 2.45) is 0 Å². The van der Waals surface area contributed by atoms with Crippen molar-refractivity contribution in [2.75, 3.05) is 0 Å². The number of rotatable bonds is 0. The van der Waals surface area contributed by atoms with E-state index in [4.69, 9.17) is 0 Å². The van der Waals surface area contributed by atoms with Gasteiger partial charge in [-0.25, -0.2) is 0 Å². The van der Waals surface area contributed by atoms with E-state index in [9.17, 15) is 5.11 Å². The zero-order valence-corrected chi connectivity index (χ0v) is 8.14. The van der Waals surface area contributed by atoms with Crippen LogP contribution in [0.15, 0.2) is 22.8 Å². The van der Waals surface area contributed by atoms with E-state index in [1.165, 1.54) is 0 Å². The summed E-state index contributed by atoms with van der Waals surface area (Å²) in [6, 6.07) is 3.86. The number of benzene rings is 1. The van der Waals surface area contributed by atoms with Crippen molar-refractivity contribution >= 4 is 26.8 Å². The number of hydrogen-bond acceptors (Lipinski definition) is 1. The van der Waals surface area contributed by atoms with E-state index in [-0.39, 0.29) is 0 Å². The second-order valence-electron chi connectivity index (χ2n) is 2.79. The molecule has 0 saturated heterocycles. The predicted octanol–water partition coefficient (Wildman–Crippen LogP) is 2.94. The summed E-state index contributed by atoms with van der Waals surface area (Å²) < 4.78 is 0.773. The van der Waals surface area contributed by atoms with Crippen molar-refractivity contribution in [1.29, 1.82) is 0 Å². The van der Waals surface area contributed by atoms with Gasteiger partial charge in [-0.15, -0.1) is 0 Å². The smallest absolute Gasteiger partial charge is 0.139 e. The minimum atomic E-state index is 0.311. The highest BCUT2D eigenvalue weighted by Crippen LogP contribution is 2.34. The van der Waals surface area contributed by atoms with Gasteiger partial charge in [-0.2, -0.15) is 0 Å². The highest BCUT2D eigenvalue weighted by molar-refractivity contribution is 9.10. The quantitative estimate of drug-likeness (QED) is 0.711. The van der Waals surface area contributed by atoms with E-state index < -0.39 is 0 Å². The average Bonchev–Trinajstić information content (AvgIpc) is 2.48. The summed E-state index contributed by atoms with van der Waals surface area (Å²) >= 11 is 3.32. The van der Waals surface area contributed by atoms with Crippen molar-refractivity contribution < 1.29 is 5.11 Å². The highest BCUT2D eigenvalue weighted by Gasteiger charge is 2.07. The van der Waals surface area contributed by atoms with Crippen LogP contribution in [0, 0.1) is 6.92 Å². The minimum absolute atomic E-state index is 0.311. The lowest BCUT2D eigenvalue weighted by atomic mass is 10.1. The lowest BCUT2D eigenvalue weighted by Crippen LogP contribution is -1.78. The van der Waals surface area contributed by atoms with Crippen LogP contribution in [0.5, 0.6) is 5.75 Å². The van der Waals surface area contributed by atoms with Crippen LogP contribution >= 0.6 is 15.9 Å². The maximum atomic E-state index is 9.66. The Morgan fingerprint density at radius 3 is 3.00 bits per heavy atom. The Bertz CT molecular complexity index is 433. The molecule has 12 heavy (non-hydrogen) atoms. The SMILES string of the molecule is Cc1cc2[nH]ccc2c(O)c1Br. The van der Waals surface area contributed by atoms with Crippen LogP contribution in [-0.2, 0) is 0 Å². The van der Waals surface area contributed by atoms with Gasteiger partial charge >= 0.3 is 0 Å². The zero-order chi connectivity index (χ0) is 8.72. The number of nitrogens with one attached hydrogen (secondary N) is 1. The molecule has 2 nitrogen and oxygen atoms in total. The molecule has 1 aromatic carbocycles. The third kappa shape index (κ3) is 0.932. The standard InChI is InChI=1S/C9H8BrNO/c1-5-4-7-6(2-3-11-7)9(12)8(5)10/h2-4,11-12H,1H3. The molecule has 2 N–H and O–H groups in total. The van der Waals surface area contributed by atoms with Gasteiger partial charge in [0.1, 0.15) is 5.75 Å². The molecule has 1 heterocycles. The van der Waals surface area contributed by atoms with Gasteiger partial charge in [0.15, 0.2) is 0 Å². The Morgan fingerprint density at radius 2 is 2.25 bits per heavy atom. The van der Waals surface area contributed by atoms with E-state index in [1.54, 1.807) is 0 Å². The van der Waals surface area contributed by atoms with Gasteiger partial charge < -0.3 is 10.1 Å². The molecule has 0 amide bonds. The molecule has 0 spiro atoms. The molecule has 0 bridgehead atoms. The number of hydrogen-bond donors (Lipinski definition) is 2. The van der Waals surface area contributed by atoms with Gasteiger partial charge in [0.25, 0.3) is 0 Å². The summed E-state index contributed by atoms with van der Waals surface area (Å²) in [5.74, 6) is 0.311. The topological polar surface area (TPSA) is 36.0 Å². The lowest BCUT2D eigenvalue weighted by Gasteiger charge is -2.02. The second kappa shape index (κ2) is 2.52. The van der Waals surface area contributed by atoms with Crippen LogP contribution < -0.4 is 0 Å². The van der Waals surface area contributed by atoms with Gasteiger partial charge in [0.2, 0.25) is 0 Å². The summed E-state index contributed by atoms with van der Waals surface area (Å²) in [7, 11) is 0. The fourth-order valence-electron chi connectivity index (χ4n) is 1.29. The summed E-state index contributed by atoms with van der Waals surface area (Å²) in [6.07, 6.45) is 1.82.